The topological polar surface area (TPSA) is 54.5 Å². The van der Waals surface area contributed by atoms with E-state index >= 15 is 0 Å². The summed E-state index contributed by atoms with van der Waals surface area (Å²) < 4.78 is 6.13. The van der Waals surface area contributed by atoms with Crippen molar-refractivity contribution in [3.05, 3.63) is 47.7 Å². The molecule has 3 rings (SSSR count). The molecule has 1 aromatic heterocycles. The average molecular weight is 325 g/mol. The molecule has 2 aromatic rings. The molecule has 1 aliphatic heterocycles. The molecule has 1 atom stereocenters. The first-order chi connectivity index (χ1) is 11.5. The molecule has 1 aliphatic rings. The van der Waals surface area contributed by atoms with Gasteiger partial charge < -0.3 is 15.0 Å². The van der Waals surface area contributed by atoms with Crippen molar-refractivity contribution in [1.29, 1.82) is 0 Å². The largest absolute Gasteiger partial charge is 0.487 e. The van der Waals surface area contributed by atoms with E-state index in [1.165, 1.54) is 5.56 Å². The molecular formula is C19H23N3O2. The fraction of sp³-hybridized carbons (Fsp3) is 0.368. The second-order valence-corrected chi connectivity index (χ2v) is 6.45. The summed E-state index contributed by atoms with van der Waals surface area (Å²) in [5.74, 6) is 0.909. The normalized spacial score (nSPS) is 15.9. The molecule has 1 aromatic carbocycles. The molecule has 0 saturated heterocycles. The van der Waals surface area contributed by atoms with Gasteiger partial charge in [-0.05, 0) is 44.3 Å². The fourth-order valence-electron chi connectivity index (χ4n) is 2.98. The van der Waals surface area contributed by atoms with Gasteiger partial charge in [-0.15, -0.1) is 0 Å². The third kappa shape index (κ3) is 3.57. The summed E-state index contributed by atoms with van der Waals surface area (Å²) in [6.07, 6.45) is 2.57. The average Bonchev–Trinajstić information content (AvgIpc) is 2.96. The van der Waals surface area contributed by atoms with Crippen molar-refractivity contribution >= 4 is 5.91 Å². The lowest BCUT2D eigenvalue weighted by atomic mass is 10.0. The second-order valence-electron chi connectivity index (χ2n) is 6.45. The Morgan fingerprint density at radius 3 is 2.92 bits per heavy atom. The highest BCUT2D eigenvalue weighted by Gasteiger charge is 2.26. The van der Waals surface area contributed by atoms with Crippen LogP contribution in [-0.4, -0.2) is 49.1 Å². The fourth-order valence-corrected chi connectivity index (χ4v) is 2.98. The Balaban J connectivity index is 1.73. The van der Waals surface area contributed by atoms with E-state index in [2.05, 4.69) is 29.4 Å². The molecule has 0 spiro atoms. The van der Waals surface area contributed by atoms with Crippen LogP contribution in [0.25, 0.3) is 11.3 Å². The number of aromatic nitrogens is 1. The third-order valence-corrected chi connectivity index (χ3v) is 4.08. The second kappa shape index (κ2) is 7.01. The molecule has 2 heterocycles. The quantitative estimate of drug-likeness (QED) is 0.914. The highest BCUT2D eigenvalue weighted by atomic mass is 16.5. The standard InChI is InChI=1S/C19H23N3O2/c1-13-6-5-9-20-18(13)16-8-4-7-14-10-15(24-19(14)16)11-21-17(23)12-22(2)3/h4-9,15H,10-12H2,1-3H3,(H,21,23)/t15-/m1/s1. The molecule has 126 valence electrons. The van der Waals surface area contributed by atoms with Crippen LogP contribution in [0.2, 0.25) is 0 Å². The van der Waals surface area contributed by atoms with Gasteiger partial charge in [-0.25, -0.2) is 0 Å². The first-order valence-corrected chi connectivity index (χ1v) is 8.16. The number of fused-ring (bicyclic) bond motifs is 1. The number of likely N-dealkylation sites (N-methyl/N-ethyl adjacent to an activating group) is 1. The first kappa shape index (κ1) is 16.5. The maximum Gasteiger partial charge on any atom is 0.234 e. The van der Waals surface area contributed by atoms with Gasteiger partial charge in [-0.3, -0.25) is 9.78 Å². The summed E-state index contributed by atoms with van der Waals surface area (Å²) in [6.45, 7) is 2.95. The Bertz CT molecular complexity index is 743. The van der Waals surface area contributed by atoms with Gasteiger partial charge in [0.25, 0.3) is 0 Å². The minimum Gasteiger partial charge on any atom is -0.487 e. The Kier molecular flexibility index (Phi) is 4.81. The van der Waals surface area contributed by atoms with Gasteiger partial charge in [0.2, 0.25) is 5.91 Å². The van der Waals surface area contributed by atoms with Gasteiger partial charge >= 0.3 is 0 Å². The van der Waals surface area contributed by atoms with Crippen LogP contribution in [0.15, 0.2) is 36.5 Å². The number of pyridine rings is 1. The lowest BCUT2D eigenvalue weighted by molar-refractivity contribution is -0.122. The number of aryl methyl sites for hydroxylation is 1. The maximum absolute atomic E-state index is 11.8. The van der Waals surface area contributed by atoms with Gasteiger partial charge in [0.1, 0.15) is 11.9 Å². The van der Waals surface area contributed by atoms with Crippen molar-refractivity contribution in [2.24, 2.45) is 0 Å². The molecular weight excluding hydrogens is 302 g/mol. The van der Waals surface area contributed by atoms with E-state index < -0.39 is 0 Å². The first-order valence-electron chi connectivity index (χ1n) is 8.16. The van der Waals surface area contributed by atoms with Crippen LogP contribution in [0, 0.1) is 6.92 Å². The van der Waals surface area contributed by atoms with Crippen molar-refractivity contribution in [2.45, 2.75) is 19.4 Å². The third-order valence-electron chi connectivity index (χ3n) is 4.08. The van der Waals surface area contributed by atoms with Gasteiger partial charge in [0.05, 0.1) is 18.8 Å². The van der Waals surface area contributed by atoms with E-state index in [1.807, 2.05) is 37.2 Å². The van der Waals surface area contributed by atoms with Crippen molar-refractivity contribution in [3.63, 3.8) is 0 Å². The number of amides is 1. The highest BCUT2D eigenvalue weighted by Crippen LogP contribution is 2.38. The van der Waals surface area contributed by atoms with Crippen LogP contribution in [-0.2, 0) is 11.2 Å². The number of hydrogen-bond acceptors (Lipinski definition) is 4. The number of ether oxygens (including phenoxy) is 1. The number of nitrogens with one attached hydrogen (secondary N) is 1. The summed E-state index contributed by atoms with van der Waals surface area (Å²) in [7, 11) is 3.76. The van der Waals surface area contributed by atoms with Crippen LogP contribution in [0.1, 0.15) is 11.1 Å². The Morgan fingerprint density at radius 1 is 1.33 bits per heavy atom. The number of hydrogen-bond donors (Lipinski definition) is 1. The van der Waals surface area contributed by atoms with E-state index in [1.54, 1.807) is 6.20 Å². The monoisotopic (exact) mass is 325 g/mol. The van der Waals surface area contributed by atoms with E-state index in [9.17, 15) is 4.79 Å². The van der Waals surface area contributed by atoms with Gasteiger partial charge in [0.15, 0.2) is 0 Å². The lowest BCUT2D eigenvalue weighted by Crippen LogP contribution is -2.39. The van der Waals surface area contributed by atoms with Crippen molar-refractivity contribution in [1.82, 2.24) is 15.2 Å². The lowest BCUT2D eigenvalue weighted by Gasteiger charge is -2.15. The Morgan fingerprint density at radius 2 is 2.17 bits per heavy atom. The smallest absolute Gasteiger partial charge is 0.234 e. The number of carbonyl (C=O) groups excluding carboxylic acids is 1. The van der Waals surface area contributed by atoms with Gasteiger partial charge in [0, 0.05) is 18.2 Å². The predicted octanol–water partition coefficient (Wildman–Crippen LogP) is 2.04. The molecule has 0 radical (unpaired) electrons. The predicted molar refractivity (Wildman–Crippen MR) is 94.1 cm³/mol. The molecule has 1 amide bonds. The number of rotatable bonds is 5. The molecule has 5 heteroatoms. The Labute approximate surface area is 142 Å². The number of carbonyl (C=O) groups is 1. The summed E-state index contributed by atoms with van der Waals surface area (Å²) in [5, 5.41) is 2.94. The molecule has 0 fully saturated rings. The van der Waals surface area contributed by atoms with E-state index in [0.717, 1.165) is 29.0 Å². The molecule has 24 heavy (non-hydrogen) atoms. The minimum atomic E-state index is -0.0312. The molecule has 0 saturated carbocycles. The van der Waals surface area contributed by atoms with Crippen LogP contribution >= 0.6 is 0 Å². The van der Waals surface area contributed by atoms with Crippen LogP contribution in [0.3, 0.4) is 0 Å². The summed E-state index contributed by atoms with van der Waals surface area (Å²) in [5.41, 5.74) is 4.26. The van der Waals surface area contributed by atoms with Gasteiger partial charge in [-0.1, -0.05) is 18.2 Å². The zero-order valence-electron chi connectivity index (χ0n) is 14.4. The van der Waals surface area contributed by atoms with Crippen LogP contribution in [0.5, 0.6) is 5.75 Å². The highest BCUT2D eigenvalue weighted by molar-refractivity contribution is 5.78. The Hall–Kier alpha value is -2.40. The minimum absolute atomic E-state index is 0.0142. The van der Waals surface area contributed by atoms with E-state index in [4.69, 9.17) is 4.74 Å². The zero-order valence-corrected chi connectivity index (χ0v) is 14.4. The summed E-state index contributed by atoms with van der Waals surface area (Å²) >= 11 is 0. The zero-order chi connectivity index (χ0) is 17.1. The number of benzene rings is 1. The van der Waals surface area contributed by atoms with Gasteiger partial charge in [-0.2, -0.15) is 0 Å². The molecule has 1 N–H and O–H groups in total. The number of para-hydroxylation sites is 1. The molecule has 5 nitrogen and oxygen atoms in total. The molecule has 0 unspecified atom stereocenters. The van der Waals surface area contributed by atoms with E-state index in [-0.39, 0.29) is 12.0 Å². The van der Waals surface area contributed by atoms with Crippen molar-refractivity contribution in [2.75, 3.05) is 27.2 Å². The SMILES string of the molecule is Cc1cccnc1-c1cccc2c1O[C@@H](CNC(=O)CN(C)C)C2. The van der Waals surface area contributed by atoms with Crippen molar-refractivity contribution < 1.29 is 9.53 Å². The summed E-state index contributed by atoms with van der Waals surface area (Å²) in [6, 6.07) is 10.2. The maximum atomic E-state index is 11.8. The molecule has 0 aliphatic carbocycles. The van der Waals surface area contributed by atoms with Crippen molar-refractivity contribution in [3.8, 4) is 17.0 Å². The van der Waals surface area contributed by atoms with Crippen LogP contribution < -0.4 is 10.1 Å². The molecule has 0 bridgehead atoms. The summed E-state index contributed by atoms with van der Waals surface area (Å²) in [4.78, 5) is 18.1. The van der Waals surface area contributed by atoms with E-state index in [0.29, 0.717) is 13.1 Å². The number of nitrogens with zero attached hydrogens (tertiary/aromatic N) is 2. The van der Waals surface area contributed by atoms with Crippen LogP contribution in [0.4, 0.5) is 0 Å².